The standard InChI is InChI=1S/C15H14ClNO3/c1-9-7-13(14(20-2)8-12(9)16)17-11-5-3-10(4-6-11)15(18)19/h3-8,17H,1-2H3,(H,18,19). The highest BCUT2D eigenvalue weighted by atomic mass is 35.5. The van der Waals surface area contributed by atoms with E-state index in [2.05, 4.69) is 5.32 Å². The second-order valence-corrected chi connectivity index (χ2v) is 4.72. The zero-order chi connectivity index (χ0) is 14.7. The van der Waals surface area contributed by atoms with Crippen LogP contribution in [0.25, 0.3) is 0 Å². The molecule has 0 aliphatic carbocycles. The van der Waals surface area contributed by atoms with E-state index < -0.39 is 5.97 Å². The van der Waals surface area contributed by atoms with Crippen molar-refractivity contribution in [3.8, 4) is 5.75 Å². The molecule has 0 aromatic heterocycles. The maximum atomic E-state index is 10.8. The summed E-state index contributed by atoms with van der Waals surface area (Å²) in [7, 11) is 1.57. The fraction of sp³-hybridized carbons (Fsp3) is 0.133. The van der Waals surface area contributed by atoms with Gasteiger partial charge in [0.05, 0.1) is 18.4 Å². The Morgan fingerprint density at radius 3 is 2.45 bits per heavy atom. The highest BCUT2D eigenvalue weighted by Gasteiger charge is 2.08. The Kier molecular flexibility index (Phi) is 4.15. The second kappa shape index (κ2) is 5.84. The van der Waals surface area contributed by atoms with Crippen molar-refractivity contribution in [3.63, 3.8) is 0 Å². The van der Waals surface area contributed by atoms with Gasteiger partial charge in [-0.25, -0.2) is 4.79 Å². The molecule has 0 saturated carbocycles. The predicted octanol–water partition coefficient (Wildman–Crippen LogP) is 4.10. The summed E-state index contributed by atoms with van der Waals surface area (Å²) in [5.41, 5.74) is 2.72. The molecule has 2 N–H and O–H groups in total. The van der Waals surface area contributed by atoms with E-state index >= 15 is 0 Å². The molecule has 2 rings (SSSR count). The summed E-state index contributed by atoms with van der Waals surface area (Å²) in [5, 5.41) is 12.7. The molecule has 0 atom stereocenters. The van der Waals surface area contributed by atoms with Crippen LogP contribution in [0.15, 0.2) is 36.4 Å². The number of aryl methyl sites for hydroxylation is 1. The number of methoxy groups -OCH3 is 1. The zero-order valence-electron chi connectivity index (χ0n) is 11.1. The minimum atomic E-state index is -0.948. The third-order valence-electron chi connectivity index (χ3n) is 2.89. The molecule has 0 bridgehead atoms. The van der Waals surface area contributed by atoms with E-state index in [0.29, 0.717) is 10.8 Å². The molecular formula is C15H14ClNO3. The molecule has 4 nitrogen and oxygen atoms in total. The van der Waals surface area contributed by atoms with Gasteiger partial charge in [-0.05, 0) is 42.8 Å². The number of anilines is 2. The van der Waals surface area contributed by atoms with Crippen LogP contribution in [0.3, 0.4) is 0 Å². The number of carboxylic acids is 1. The lowest BCUT2D eigenvalue weighted by Crippen LogP contribution is -1.98. The van der Waals surface area contributed by atoms with E-state index in [1.54, 1.807) is 37.4 Å². The summed E-state index contributed by atoms with van der Waals surface area (Å²) in [6.45, 7) is 1.90. The lowest BCUT2D eigenvalue weighted by molar-refractivity contribution is 0.0697. The predicted molar refractivity (Wildman–Crippen MR) is 79.4 cm³/mol. The quantitative estimate of drug-likeness (QED) is 0.890. The molecule has 0 amide bonds. The Bertz CT molecular complexity index is 638. The zero-order valence-corrected chi connectivity index (χ0v) is 11.9. The maximum Gasteiger partial charge on any atom is 0.335 e. The van der Waals surface area contributed by atoms with Crippen LogP contribution >= 0.6 is 11.6 Å². The highest BCUT2D eigenvalue weighted by molar-refractivity contribution is 6.31. The third kappa shape index (κ3) is 3.03. The van der Waals surface area contributed by atoms with Gasteiger partial charge in [0.2, 0.25) is 0 Å². The molecule has 0 unspecified atom stereocenters. The Hall–Kier alpha value is -2.20. The normalized spacial score (nSPS) is 10.2. The number of rotatable bonds is 4. The number of nitrogens with one attached hydrogen (secondary N) is 1. The monoisotopic (exact) mass is 291 g/mol. The van der Waals surface area contributed by atoms with Crippen molar-refractivity contribution < 1.29 is 14.6 Å². The lowest BCUT2D eigenvalue weighted by atomic mass is 10.1. The van der Waals surface area contributed by atoms with Crippen LogP contribution in [0.4, 0.5) is 11.4 Å². The second-order valence-electron chi connectivity index (χ2n) is 4.31. The fourth-order valence-corrected chi connectivity index (χ4v) is 1.94. The first kappa shape index (κ1) is 14.2. The molecule has 0 aliphatic heterocycles. The molecule has 104 valence electrons. The number of carbonyl (C=O) groups is 1. The molecule has 0 radical (unpaired) electrons. The van der Waals surface area contributed by atoms with Crippen LogP contribution in [0.5, 0.6) is 5.75 Å². The van der Waals surface area contributed by atoms with Gasteiger partial charge in [0.15, 0.2) is 0 Å². The Balaban J connectivity index is 2.29. The summed E-state index contributed by atoms with van der Waals surface area (Å²) in [4.78, 5) is 10.8. The van der Waals surface area contributed by atoms with Gasteiger partial charge in [0, 0.05) is 16.8 Å². The van der Waals surface area contributed by atoms with Gasteiger partial charge < -0.3 is 15.2 Å². The molecule has 0 fully saturated rings. The SMILES string of the molecule is COc1cc(Cl)c(C)cc1Nc1ccc(C(=O)O)cc1. The minimum absolute atomic E-state index is 0.245. The van der Waals surface area contributed by atoms with E-state index in [-0.39, 0.29) is 5.56 Å². The summed E-state index contributed by atoms with van der Waals surface area (Å²) >= 11 is 6.05. The molecule has 0 aliphatic rings. The Morgan fingerprint density at radius 2 is 1.90 bits per heavy atom. The topological polar surface area (TPSA) is 58.6 Å². The van der Waals surface area contributed by atoms with Crippen molar-refractivity contribution in [2.45, 2.75) is 6.92 Å². The number of benzene rings is 2. The van der Waals surface area contributed by atoms with E-state index in [1.807, 2.05) is 13.0 Å². The molecular weight excluding hydrogens is 278 g/mol. The number of aromatic carboxylic acids is 1. The lowest BCUT2D eigenvalue weighted by Gasteiger charge is -2.13. The van der Waals surface area contributed by atoms with Gasteiger partial charge in [-0.1, -0.05) is 11.6 Å². The molecule has 0 heterocycles. The van der Waals surface area contributed by atoms with E-state index in [4.69, 9.17) is 21.4 Å². The molecule has 5 heteroatoms. The summed E-state index contributed by atoms with van der Waals surface area (Å²) in [6, 6.07) is 10.1. The first-order chi connectivity index (χ1) is 9.51. The van der Waals surface area contributed by atoms with Crippen molar-refractivity contribution in [3.05, 3.63) is 52.5 Å². The minimum Gasteiger partial charge on any atom is -0.495 e. The number of hydrogen-bond donors (Lipinski definition) is 2. The van der Waals surface area contributed by atoms with Crippen molar-refractivity contribution in [2.75, 3.05) is 12.4 Å². The van der Waals surface area contributed by atoms with Gasteiger partial charge in [-0.3, -0.25) is 0 Å². The van der Waals surface area contributed by atoms with Crippen molar-refractivity contribution in [1.82, 2.24) is 0 Å². The van der Waals surface area contributed by atoms with E-state index in [9.17, 15) is 4.79 Å². The number of ether oxygens (including phenoxy) is 1. The van der Waals surface area contributed by atoms with Gasteiger partial charge in [-0.2, -0.15) is 0 Å². The summed E-state index contributed by atoms with van der Waals surface area (Å²) in [6.07, 6.45) is 0. The number of hydrogen-bond acceptors (Lipinski definition) is 3. The van der Waals surface area contributed by atoms with Crippen LogP contribution in [0.2, 0.25) is 5.02 Å². The van der Waals surface area contributed by atoms with Crippen LogP contribution in [-0.4, -0.2) is 18.2 Å². The molecule has 0 spiro atoms. The third-order valence-corrected chi connectivity index (χ3v) is 3.30. The van der Waals surface area contributed by atoms with E-state index in [0.717, 1.165) is 16.9 Å². The van der Waals surface area contributed by atoms with Crippen LogP contribution in [-0.2, 0) is 0 Å². The number of halogens is 1. The van der Waals surface area contributed by atoms with Gasteiger partial charge >= 0.3 is 5.97 Å². The average Bonchev–Trinajstić information content (AvgIpc) is 2.43. The van der Waals surface area contributed by atoms with Crippen molar-refractivity contribution in [1.29, 1.82) is 0 Å². The molecule has 20 heavy (non-hydrogen) atoms. The van der Waals surface area contributed by atoms with Gasteiger partial charge in [0.1, 0.15) is 5.75 Å². The first-order valence-electron chi connectivity index (χ1n) is 5.96. The maximum absolute atomic E-state index is 10.8. The van der Waals surface area contributed by atoms with Crippen LogP contribution in [0, 0.1) is 6.92 Å². The molecule has 2 aromatic carbocycles. The van der Waals surface area contributed by atoms with Crippen LogP contribution in [0.1, 0.15) is 15.9 Å². The molecule has 2 aromatic rings. The van der Waals surface area contributed by atoms with Gasteiger partial charge in [-0.15, -0.1) is 0 Å². The smallest absolute Gasteiger partial charge is 0.335 e. The fourth-order valence-electron chi connectivity index (χ4n) is 1.78. The van der Waals surface area contributed by atoms with Gasteiger partial charge in [0.25, 0.3) is 0 Å². The highest BCUT2D eigenvalue weighted by Crippen LogP contribution is 2.33. The average molecular weight is 292 g/mol. The Morgan fingerprint density at radius 1 is 1.25 bits per heavy atom. The Labute approximate surface area is 122 Å². The summed E-state index contributed by atoms with van der Waals surface area (Å²) in [5.74, 6) is -0.320. The summed E-state index contributed by atoms with van der Waals surface area (Å²) < 4.78 is 5.27. The largest absolute Gasteiger partial charge is 0.495 e. The van der Waals surface area contributed by atoms with Crippen molar-refractivity contribution in [2.24, 2.45) is 0 Å². The van der Waals surface area contributed by atoms with Crippen molar-refractivity contribution >= 4 is 28.9 Å². The van der Waals surface area contributed by atoms with E-state index in [1.165, 1.54) is 0 Å². The first-order valence-corrected chi connectivity index (χ1v) is 6.33. The number of carboxylic acid groups (broad SMARTS) is 1. The molecule has 0 saturated heterocycles. The van der Waals surface area contributed by atoms with Crippen LogP contribution < -0.4 is 10.1 Å².